The van der Waals surface area contributed by atoms with Crippen molar-refractivity contribution in [1.29, 1.82) is 0 Å². The van der Waals surface area contributed by atoms with Crippen LogP contribution in [0.4, 0.5) is 13.2 Å². The van der Waals surface area contributed by atoms with Crippen LogP contribution in [0.15, 0.2) is 60.9 Å². The van der Waals surface area contributed by atoms with Gasteiger partial charge in [-0.05, 0) is 42.3 Å². The lowest BCUT2D eigenvalue weighted by Gasteiger charge is -2.07. The van der Waals surface area contributed by atoms with E-state index in [9.17, 15) is 18.0 Å². The lowest BCUT2D eigenvalue weighted by atomic mass is 10.1. The van der Waals surface area contributed by atoms with Crippen LogP contribution in [0.25, 0.3) is 17.1 Å². The van der Waals surface area contributed by atoms with E-state index in [2.05, 4.69) is 10.3 Å². The van der Waals surface area contributed by atoms with E-state index < -0.39 is 11.7 Å². The Bertz CT molecular complexity index is 960. The molecule has 0 bridgehead atoms. The normalized spacial score (nSPS) is 12.0. The Morgan fingerprint density at radius 3 is 2.78 bits per heavy atom. The summed E-state index contributed by atoms with van der Waals surface area (Å²) in [4.78, 5) is 16.1. The van der Waals surface area contributed by atoms with Crippen LogP contribution < -0.4 is 5.32 Å². The number of para-hydroxylation sites is 2. The monoisotopic (exact) mass is 373 g/mol. The summed E-state index contributed by atoms with van der Waals surface area (Å²) in [5.41, 5.74) is 1.54. The number of benzene rings is 2. The van der Waals surface area contributed by atoms with Gasteiger partial charge in [-0.15, -0.1) is 0 Å². The molecule has 27 heavy (non-hydrogen) atoms. The Balaban J connectivity index is 1.48. The molecule has 3 rings (SSSR count). The van der Waals surface area contributed by atoms with E-state index in [0.717, 1.165) is 23.2 Å². The van der Waals surface area contributed by atoms with Gasteiger partial charge in [-0.25, -0.2) is 4.98 Å². The van der Waals surface area contributed by atoms with E-state index in [1.807, 2.05) is 28.8 Å². The van der Waals surface area contributed by atoms with Crippen LogP contribution in [-0.4, -0.2) is 22.0 Å². The van der Waals surface area contributed by atoms with E-state index in [1.165, 1.54) is 24.3 Å². The predicted octanol–water partition coefficient (Wildman–Crippen LogP) is 4.27. The molecular formula is C20H18F3N3O. The van der Waals surface area contributed by atoms with E-state index in [1.54, 1.807) is 6.33 Å². The first-order valence-corrected chi connectivity index (χ1v) is 8.46. The zero-order valence-electron chi connectivity index (χ0n) is 14.4. The number of hydrogen-bond donors (Lipinski definition) is 1. The van der Waals surface area contributed by atoms with Gasteiger partial charge < -0.3 is 9.88 Å². The minimum Gasteiger partial charge on any atom is -0.352 e. The summed E-state index contributed by atoms with van der Waals surface area (Å²) in [6.07, 6.45) is 0.684. The van der Waals surface area contributed by atoms with Crippen molar-refractivity contribution in [2.45, 2.75) is 19.1 Å². The van der Waals surface area contributed by atoms with Gasteiger partial charge in [0.2, 0.25) is 5.91 Å². The number of carbonyl (C=O) groups is 1. The molecule has 4 nitrogen and oxygen atoms in total. The maximum atomic E-state index is 12.7. The lowest BCUT2D eigenvalue weighted by molar-refractivity contribution is -0.137. The number of rotatable bonds is 6. The van der Waals surface area contributed by atoms with Crippen LogP contribution in [0.2, 0.25) is 0 Å². The minimum atomic E-state index is -4.40. The number of aryl methyl sites for hydroxylation is 1. The number of nitrogens with zero attached hydrogens (tertiary/aromatic N) is 2. The van der Waals surface area contributed by atoms with Crippen LogP contribution in [0.3, 0.4) is 0 Å². The highest BCUT2D eigenvalue weighted by Crippen LogP contribution is 2.29. The highest BCUT2D eigenvalue weighted by Gasteiger charge is 2.30. The molecule has 0 unspecified atom stereocenters. The number of carbonyl (C=O) groups excluding carboxylic acids is 1. The Kier molecular flexibility index (Phi) is 5.59. The Morgan fingerprint density at radius 1 is 1.15 bits per heavy atom. The topological polar surface area (TPSA) is 46.9 Å². The average molecular weight is 373 g/mol. The zero-order valence-corrected chi connectivity index (χ0v) is 14.4. The summed E-state index contributed by atoms with van der Waals surface area (Å²) in [5, 5.41) is 2.73. The average Bonchev–Trinajstić information content (AvgIpc) is 3.06. The molecule has 0 aliphatic heterocycles. The summed E-state index contributed by atoms with van der Waals surface area (Å²) in [6.45, 7) is 1.16. The molecule has 1 heterocycles. The molecule has 0 saturated carbocycles. The first-order chi connectivity index (χ1) is 12.9. The number of alkyl halides is 3. The summed E-state index contributed by atoms with van der Waals surface area (Å²) in [6, 6.07) is 12.6. The van der Waals surface area contributed by atoms with Crippen molar-refractivity contribution in [3.63, 3.8) is 0 Å². The SMILES string of the molecule is O=C(/C=C/c1cccc(C(F)(F)F)c1)NCCCn1cnc2ccccc21. The van der Waals surface area contributed by atoms with Crippen molar-refractivity contribution in [1.82, 2.24) is 14.9 Å². The number of aromatic nitrogens is 2. The summed E-state index contributed by atoms with van der Waals surface area (Å²) in [7, 11) is 0. The molecule has 140 valence electrons. The maximum absolute atomic E-state index is 12.7. The number of imidazole rings is 1. The fourth-order valence-corrected chi connectivity index (χ4v) is 2.70. The molecular weight excluding hydrogens is 355 g/mol. The first-order valence-electron chi connectivity index (χ1n) is 8.46. The van der Waals surface area contributed by atoms with Crippen molar-refractivity contribution in [3.05, 3.63) is 72.1 Å². The Labute approximate surface area is 154 Å². The minimum absolute atomic E-state index is 0.324. The molecule has 0 aliphatic rings. The molecule has 0 spiro atoms. The molecule has 0 saturated heterocycles. The number of halogens is 3. The Hall–Kier alpha value is -3.09. The molecule has 0 aliphatic carbocycles. The second-order valence-electron chi connectivity index (χ2n) is 6.03. The lowest BCUT2D eigenvalue weighted by Crippen LogP contribution is -2.23. The maximum Gasteiger partial charge on any atom is 0.416 e. The number of amides is 1. The van der Waals surface area contributed by atoms with Crippen LogP contribution in [0.5, 0.6) is 0 Å². The van der Waals surface area contributed by atoms with Crippen molar-refractivity contribution in [3.8, 4) is 0 Å². The van der Waals surface area contributed by atoms with Crippen molar-refractivity contribution < 1.29 is 18.0 Å². The molecule has 7 heteroatoms. The highest BCUT2D eigenvalue weighted by molar-refractivity contribution is 5.91. The van der Waals surface area contributed by atoms with E-state index in [4.69, 9.17) is 0 Å². The van der Waals surface area contributed by atoms with Gasteiger partial charge in [0.25, 0.3) is 0 Å². The van der Waals surface area contributed by atoms with Crippen LogP contribution in [0.1, 0.15) is 17.5 Å². The van der Waals surface area contributed by atoms with Gasteiger partial charge in [0, 0.05) is 19.2 Å². The van der Waals surface area contributed by atoms with E-state index >= 15 is 0 Å². The van der Waals surface area contributed by atoms with Crippen molar-refractivity contribution in [2.75, 3.05) is 6.54 Å². The molecule has 1 aromatic heterocycles. The number of hydrogen-bond acceptors (Lipinski definition) is 2. The molecule has 1 amide bonds. The van der Waals surface area contributed by atoms with Gasteiger partial charge in [0.15, 0.2) is 0 Å². The highest BCUT2D eigenvalue weighted by atomic mass is 19.4. The van der Waals surface area contributed by atoms with Gasteiger partial charge in [-0.1, -0.05) is 24.3 Å². The van der Waals surface area contributed by atoms with Gasteiger partial charge in [0.1, 0.15) is 0 Å². The number of fused-ring (bicyclic) bond motifs is 1. The Morgan fingerprint density at radius 2 is 1.96 bits per heavy atom. The molecule has 2 aromatic carbocycles. The van der Waals surface area contributed by atoms with Gasteiger partial charge >= 0.3 is 6.18 Å². The summed E-state index contributed by atoms with van der Waals surface area (Å²) < 4.78 is 40.0. The fourth-order valence-electron chi connectivity index (χ4n) is 2.70. The number of nitrogens with one attached hydrogen (secondary N) is 1. The molecule has 1 N–H and O–H groups in total. The summed E-state index contributed by atoms with van der Waals surface area (Å²) in [5.74, 6) is -0.345. The van der Waals surface area contributed by atoms with Crippen LogP contribution in [-0.2, 0) is 17.5 Å². The van der Waals surface area contributed by atoms with Gasteiger partial charge in [0.05, 0.1) is 22.9 Å². The molecule has 0 fully saturated rings. The van der Waals surface area contributed by atoms with Crippen LogP contribution in [0, 0.1) is 0 Å². The molecule has 0 atom stereocenters. The van der Waals surface area contributed by atoms with Gasteiger partial charge in [-0.2, -0.15) is 13.2 Å². The second-order valence-corrected chi connectivity index (χ2v) is 6.03. The predicted molar refractivity (Wildman–Crippen MR) is 97.8 cm³/mol. The fraction of sp³-hybridized carbons (Fsp3) is 0.200. The van der Waals surface area contributed by atoms with Gasteiger partial charge in [-0.3, -0.25) is 4.79 Å². The molecule has 3 aromatic rings. The molecule has 0 radical (unpaired) electrons. The third kappa shape index (κ3) is 4.97. The largest absolute Gasteiger partial charge is 0.416 e. The quantitative estimate of drug-likeness (QED) is 0.518. The first kappa shape index (κ1) is 18.7. The summed E-state index contributed by atoms with van der Waals surface area (Å²) >= 11 is 0. The van der Waals surface area contributed by atoms with E-state index in [0.29, 0.717) is 25.1 Å². The van der Waals surface area contributed by atoms with Crippen molar-refractivity contribution in [2.24, 2.45) is 0 Å². The second kappa shape index (κ2) is 8.07. The zero-order chi connectivity index (χ0) is 19.3. The smallest absolute Gasteiger partial charge is 0.352 e. The van der Waals surface area contributed by atoms with Crippen molar-refractivity contribution >= 4 is 23.0 Å². The third-order valence-electron chi connectivity index (χ3n) is 4.04. The van der Waals surface area contributed by atoms with E-state index in [-0.39, 0.29) is 5.91 Å². The third-order valence-corrected chi connectivity index (χ3v) is 4.04. The van der Waals surface area contributed by atoms with Crippen LogP contribution >= 0.6 is 0 Å². The standard InChI is InChI=1S/C20H18F3N3O/c21-20(22,23)16-6-3-5-15(13-16)9-10-19(27)24-11-4-12-26-14-25-17-7-1-2-8-18(17)26/h1-3,5-10,13-14H,4,11-12H2,(H,24,27)/b10-9+.